The van der Waals surface area contributed by atoms with Crippen molar-refractivity contribution in [3.05, 3.63) is 0 Å². The Hall–Kier alpha value is -1.10. The van der Waals surface area contributed by atoms with Gasteiger partial charge in [0.1, 0.15) is 0 Å². The normalized spacial score (nSPS) is 27.1. The van der Waals surface area contributed by atoms with E-state index >= 15 is 0 Å². The minimum Gasteiger partial charge on any atom is -0.480 e. The summed E-state index contributed by atoms with van der Waals surface area (Å²) in [5.74, 6) is 0.299. The van der Waals surface area contributed by atoms with Crippen molar-refractivity contribution in [1.82, 2.24) is 9.80 Å². The molecule has 1 saturated carbocycles. The molecule has 5 heteroatoms. The number of piperidine rings is 1. The average molecular weight is 310 g/mol. The molecule has 5 nitrogen and oxygen atoms in total. The fourth-order valence-electron chi connectivity index (χ4n) is 4.04. The summed E-state index contributed by atoms with van der Waals surface area (Å²) in [4.78, 5) is 27.7. The second kappa shape index (κ2) is 7.95. The van der Waals surface area contributed by atoms with Gasteiger partial charge in [0.25, 0.3) is 0 Å². The Morgan fingerprint density at radius 3 is 2.32 bits per heavy atom. The van der Waals surface area contributed by atoms with Crippen molar-refractivity contribution in [2.24, 2.45) is 11.8 Å². The van der Waals surface area contributed by atoms with E-state index in [1.807, 2.05) is 16.7 Å². The molecule has 0 aromatic heterocycles. The van der Waals surface area contributed by atoms with Crippen LogP contribution in [0.1, 0.15) is 52.4 Å². The van der Waals surface area contributed by atoms with Crippen molar-refractivity contribution < 1.29 is 14.7 Å². The van der Waals surface area contributed by atoms with Gasteiger partial charge < -0.3 is 10.0 Å². The number of nitrogens with zero attached hydrogens (tertiary/aromatic N) is 2. The summed E-state index contributed by atoms with van der Waals surface area (Å²) in [5.41, 5.74) is 0. The standard InChI is InChI=1S/C17H30N2O3/c1-3-18(12-16(20)21)14-8-10-19(11-9-14)17(22)15-7-5-4-6-13(15)2/h13-15H,3-12H2,1-2H3,(H,20,21). The van der Waals surface area contributed by atoms with Gasteiger partial charge in [0.15, 0.2) is 0 Å². The molecule has 2 atom stereocenters. The third-order valence-electron chi connectivity index (χ3n) is 5.47. The third kappa shape index (κ3) is 4.22. The molecule has 1 aliphatic heterocycles. The molecule has 2 aliphatic rings. The number of carboxylic acids is 1. The van der Waals surface area contributed by atoms with E-state index in [0.717, 1.165) is 38.9 Å². The Labute approximate surface area is 133 Å². The van der Waals surface area contributed by atoms with Gasteiger partial charge in [-0.3, -0.25) is 14.5 Å². The summed E-state index contributed by atoms with van der Waals surface area (Å²) in [7, 11) is 0. The largest absolute Gasteiger partial charge is 0.480 e. The zero-order chi connectivity index (χ0) is 16.1. The number of amides is 1. The first-order valence-electron chi connectivity index (χ1n) is 8.77. The van der Waals surface area contributed by atoms with Gasteiger partial charge >= 0.3 is 5.97 Å². The molecule has 0 aromatic carbocycles. The molecule has 1 saturated heterocycles. The lowest BCUT2D eigenvalue weighted by Gasteiger charge is -2.40. The van der Waals surface area contributed by atoms with Gasteiger partial charge in [-0.2, -0.15) is 0 Å². The predicted molar refractivity (Wildman–Crippen MR) is 85.6 cm³/mol. The number of likely N-dealkylation sites (N-methyl/N-ethyl adjacent to an activating group) is 1. The van der Waals surface area contributed by atoms with E-state index in [1.165, 1.54) is 19.3 Å². The van der Waals surface area contributed by atoms with Gasteiger partial charge in [-0.05, 0) is 38.1 Å². The summed E-state index contributed by atoms with van der Waals surface area (Å²) in [5, 5.41) is 8.98. The molecule has 2 unspecified atom stereocenters. The molecule has 1 aliphatic carbocycles. The van der Waals surface area contributed by atoms with Gasteiger partial charge in [0.05, 0.1) is 6.54 Å². The first-order chi connectivity index (χ1) is 10.5. The van der Waals surface area contributed by atoms with Crippen LogP contribution in [-0.2, 0) is 9.59 Å². The maximum atomic E-state index is 12.7. The maximum absolute atomic E-state index is 12.7. The predicted octanol–water partition coefficient (Wildman–Crippen LogP) is 2.21. The van der Waals surface area contributed by atoms with E-state index in [4.69, 9.17) is 5.11 Å². The lowest BCUT2D eigenvalue weighted by atomic mass is 9.79. The number of likely N-dealkylation sites (tertiary alicyclic amines) is 1. The molecule has 0 spiro atoms. The van der Waals surface area contributed by atoms with E-state index in [2.05, 4.69) is 6.92 Å². The van der Waals surface area contributed by atoms with Gasteiger partial charge in [-0.25, -0.2) is 0 Å². The van der Waals surface area contributed by atoms with Crippen LogP contribution in [0.3, 0.4) is 0 Å². The molecular formula is C17H30N2O3. The first kappa shape index (κ1) is 17.3. The van der Waals surface area contributed by atoms with Crippen LogP contribution >= 0.6 is 0 Å². The van der Waals surface area contributed by atoms with E-state index in [0.29, 0.717) is 17.9 Å². The summed E-state index contributed by atoms with van der Waals surface area (Å²) in [6.45, 7) is 6.63. The Balaban J connectivity index is 1.85. The van der Waals surface area contributed by atoms with Crippen molar-refractivity contribution in [3.63, 3.8) is 0 Å². The number of aliphatic carboxylic acids is 1. The van der Waals surface area contributed by atoms with Gasteiger partial charge in [0, 0.05) is 25.0 Å². The van der Waals surface area contributed by atoms with Crippen molar-refractivity contribution in [1.29, 1.82) is 0 Å². The summed E-state index contributed by atoms with van der Waals surface area (Å²) >= 11 is 0. The maximum Gasteiger partial charge on any atom is 0.317 e. The average Bonchev–Trinajstić information content (AvgIpc) is 2.52. The molecule has 126 valence electrons. The Morgan fingerprint density at radius 2 is 1.77 bits per heavy atom. The minimum atomic E-state index is -0.767. The van der Waals surface area contributed by atoms with Crippen LogP contribution in [0.5, 0.6) is 0 Å². The van der Waals surface area contributed by atoms with Gasteiger partial charge in [-0.15, -0.1) is 0 Å². The van der Waals surface area contributed by atoms with E-state index in [-0.39, 0.29) is 12.5 Å². The van der Waals surface area contributed by atoms with Crippen LogP contribution in [0.2, 0.25) is 0 Å². The topological polar surface area (TPSA) is 60.9 Å². The fraction of sp³-hybridized carbons (Fsp3) is 0.882. The highest BCUT2D eigenvalue weighted by Gasteiger charge is 2.34. The highest BCUT2D eigenvalue weighted by atomic mass is 16.4. The smallest absolute Gasteiger partial charge is 0.317 e. The lowest BCUT2D eigenvalue weighted by molar-refractivity contribution is -0.142. The van der Waals surface area contributed by atoms with Crippen LogP contribution < -0.4 is 0 Å². The molecule has 22 heavy (non-hydrogen) atoms. The molecule has 1 amide bonds. The number of hydrogen-bond acceptors (Lipinski definition) is 3. The molecule has 1 N–H and O–H groups in total. The first-order valence-corrected chi connectivity index (χ1v) is 8.77. The monoisotopic (exact) mass is 310 g/mol. The molecule has 0 bridgehead atoms. The van der Waals surface area contributed by atoms with Crippen molar-refractivity contribution >= 4 is 11.9 Å². The molecule has 2 fully saturated rings. The van der Waals surface area contributed by atoms with E-state index < -0.39 is 5.97 Å². The molecule has 0 radical (unpaired) electrons. The highest BCUT2D eigenvalue weighted by Crippen LogP contribution is 2.32. The number of carbonyl (C=O) groups is 2. The quantitative estimate of drug-likeness (QED) is 0.846. The second-order valence-electron chi connectivity index (χ2n) is 6.88. The van der Waals surface area contributed by atoms with E-state index in [1.54, 1.807) is 0 Å². The van der Waals surface area contributed by atoms with Crippen LogP contribution in [0.4, 0.5) is 0 Å². The molecular weight excluding hydrogens is 280 g/mol. The Kier molecular flexibility index (Phi) is 6.24. The van der Waals surface area contributed by atoms with E-state index in [9.17, 15) is 9.59 Å². The number of carbonyl (C=O) groups excluding carboxylic acids is 1. The van der Waals surface area contributed by atoms with Crippen LogP contribution in [0.25, 0.3) is 0 Å². The third-order valence-corrected chi connectivity index (χ3v) is 5.47. The fourth-order valence-corrected chi connectivity index (χ4v) is 4.04. The zero-order valence-electron chi connectivity index (χ0n) is 14.0. The van der Waals surface area contributed by atoms with Crippen molar-refractivity contribution in [2.45, 2.75) is 58.4 Å². The van der Waals surface area contributed by atoms with Crippen LogP contribution in [-0.4, -0.2) is 59.0 Å². The van der Waals surface area contributed by atoms with Gasteiger partial charge in [0.2, 0.25) is 5.91 Å². The lowest BCUT2D eigenvalue weighted by Crippen LogP contribution is -2.50. The van der Waals surface area contributed by atoms with Crippen molar-refractivity contribution in [2.75, 3.05) is 26.2 Å². The summed E-state index contributed by atoms with van der Waals surface area (Å²) in [6, 6.07) is 0.300. The summed E-state index contributed by atoms with van der Waals surface area (Å²) in [6.07, 6.45) is 6.45. The summed E-state index contributed by atoms with van der Waals surface area (Å²) < 4.78 is 0. The molecule has 0 aromatic rings. The van der Waals surface area contributed by atoms with Crippen molar-refractivity contribution in [3.8, 4) is 0 Å². The highest BCUT2D eigenvalue weighted by molar-refractivity contribution is 5.79. The molecule has 2 rings (SSSR count). The second-order valence-corrected chi connectivity index (χ2v) is 6.88. The minimum absolute atomic E-state index is 0.106. The number of carboxylic acid groups (broad SMARTS) is 1. The van der Waals surface area contributed by atoms with Gasteiger partial charge in [-0.1, -0.05) is 26.7 Å². The SMILES string of the molecule is CCN(CC(=O)O)C1CCN(C(=O)C2CCCCC2C)CC1. The number of rotatable bonds is 5. The Bertz CT molecular complexity index is 391. The van der Waals surface area contributed by atoms with Crippen LogP contribution in [0.15, 0.2) is 0 Å². The Morgan fingerprint density at radius 1 is 1.14 bits per heavy atom. The van der Waals surface area contributed by atoms with Crippen LogP contribution in [0, 0.1) is 11.8 Å². The molecule has 1 heterocycles. The number of hydrogen-bond donors (Lipinski definition) is 1. The zero-order valence-corrected chi connectivity index (χ0v) is 14.0.